The quantitative estimate of drug-likeness (QED) is 0.812. The number of carbonyl (C=O) groups excluding carboxylic acids is 1. The van der Waals surface area contributed by atoms with Crippen molar-refractivity contribution in [2.45, 2.75) is 53.5 Å². The molecule has 0 fully saturated rings. The summed E-state index contributed by atoms with van der Waals surface area (Å²) < 4.78 is 2.11. The van der Waals surface area contributed by atoms with Crippen LogP contribution in [0.15, 0.2) is 6.07 Å². The maximum Gasteiger partial charge on any atom is 0.308 e. The lowest BCUT2D eigenvalue weighted by Crippen LogP contribution is -2.33. The van der Waals surface area contributed by atoms with Crippen LogP contribution in [0.3, 0.4) is 0 Å². The highest BCUT2D eigenvalue weighted by atomic mass is 16.4. The van der Waals surface area contributed by atoms with E-state index in [1.807, 2.05) is 26.8 Å². The SMILES string of the molecule is CCCC(CNC(=O)c1cc(C)n(C(C)C)c1C)C(=O)O. The summed E-state index contributed by atoms with van der Waals surface area (Å²) in [6.45, 7) is 10.2. The van der Waals surface area contributed by atoms with Crippen LogP contribution in [0.25, 0.3) is 0 Å². The number of nitrogens with zero attached hydrogens (tertiary/aromatic N) is 1. The van der Waals surface area contributed by atoms with Gasteiger partial charge in [-0.3, -0.25) is 9.59 Å². The van der Waals surface area contributed by atoms with Crippen LogP contribution in [0, 0.1) is 19.8 Å². The molecular weight excluding hydrogens is 268 g/mol. The molecule has 0 spiro atoms. The number of hydrogen-bond donors (Lipinski definition) is 2. The first-order valence-electron chi connectivity index (χ1n) is 7.49. The normalized spacial score (nSPS) is 12.5. The number of aromatic nitrogens is 1. The third-order valence-corrected chi connectivity index (χ3v) is 3.74. The summed E-state index contributed by atoms with van der Waals surface area (Å²) in [6, 6.07) is 2.15. The predicted molar refractivity (Wildman–Crippen MR) is 82.7 cm³/mol. The van der Waals surface area contributed by atoms with Gasteiger partial charge >= 0.3 is 5.97 Å². The Morgan fingerprint density at radius 1 is 1.33 bits per heavy atom. The molecule has 1 rings (SSSR count). The van der Waals surface area contributed by atoms with E-state index >= 15 is 0 Å². The van der Waals surface area contributed by atoms with Crippen LogP contribution in [-0.4, -0.2) is 28.1 Å². The van der Waals surface area contributed by atoms with E-state index in [2.05, 4.69) is 23.7 Å². The van der Waals surface area contributed by atoms with E-state index in [4.69, 9.17) is 5.11 Å². The van der Waals surface area contributed by atoms with Crippen molar-refractivity contribution in [1.29, 1.82) is 0 Å². The first kappa shape index (κ1) is 17.3. The maximum absolute atomic E-state index is 12.3. The lowest BCUT2D eigenvalue weighted by atomic mass is 10.0. The third kappa shape index (κ3) is 4.09. The first-order chi connectivity index (χ1) is 9.79. The second-order valence-electron chi connectivity index (χ2n) is 5.78. The van der Waals surface area contributed by atoms with Crippen molar-refractivity contribution in [3.8, 4) is 0 Å². The molecule has 0 saturated heterocycles. The fourth-order valence-corrected chi connectivity index (χ4v) is 2.77. The van der Waals surface area contributed by atoms with Crippen LogP contribution in [0.5, 0.6) is 0 Å². The molecular formula is C16H26N2O3. The summed E-state index contributed by atoms with van der Waals surface area (Å²) in [6.07, 6.45) is 1.36. The molecule has 0 bridgehead atoms. The van der Waals surface area contributed by atoms with Crippen molar-refractivity contribution in [3.63, 3.8) is 0 Å². The zero-order valence-electron chi connectivity index (χ0n) is 13.6. The van der Waals surface area contributed by atoms with E-state index < -0.39 is 11.9 Å². The minimum Gasteiger partial charge on any atom is -0.481 e. The molecule has 0 aliphatic heterocycles. The number of amides is 1. The van der Waals surface area contributed by atoms with Gasteiger partial charge in [-0.2, -0.15) is 0 Å². The highest BCUT2D eigenvalue weighted by molar-refractivity contribution is 5.95. The molecule has 1 heterocycles. The molecule has 1 aromatic heterocycles. The zero-order valence-corrected chi connectivity index (χ0v) is 13.6. The number of aryl methyl sites for hydroxylation is 1. The molecule has 0 saturated carbocycles. The molecule has 5 heteroatoms. The Bertz CT molecular complexity index is 518. The fourth-order valence-electron chi connectivity index (χ4n) is 2.77. The molecule has 1 aromatic rings. The van der Waals surface area contributed by atoms with E-state index in [0.29, 0.717) is 18.0 Å². The summed E-state index contributed by atoms with van der Waals surface area (Å²) in [7, 11) is 0. The Morgan fingerprint density at radius 2 is 1.95 bits per heavy atom. The van der Waals surface area contributed by atoms with Crippen molar-refractivity contribution >= 4 is 11.9 Å². The second-order valence-corrected chi connectivity index (χ2v) is 5.78. The molecule has 118 valence electrons. The van der Waals surface area contributed by atoms with Crippen LogP contribution in [0.4, 0.5) is 0 Å². The van der Waals surface area contributed by atoms with Gasteiger partial charge in [-0.1, -0.05) is 13.3 Å². The van der Waals surface area contributed by atoms with E-state index in [1.165, 1.54) is 0 Å². The summed E-state index contributed by atoms with van der Waals surface area (Å²) in [5.74, 6) is -1.57. The van der Waals surface area contributed by atoms with Gasteiger partial charge in [-0.25, -0.2) is 0 Å². The lowest BCUT2D eigenvalue weighted by Gasteiger charge is -2.14. The van der Waals surface area contributed by atoms with Crippen LogP contribution in [-0.2, 0) is 4.79 Å². The van der Waals surface area contributed by atoms with Crippen molar-refractivity contribution < 1.29 is 14.7 Å². The number of nitrogens with one attached hydrogen (secondary N) is 1. The smallest absolute Gasteiger partial charge is 0.308 e. The van der Waals surface area contributed by atoms with Crippen molar-refractivity contribution in [2.24, 2.45) is 5.92 Å². The molecule has 21 heavy (non-hydrogen) atoms. The van der Waals surface area contributed by atoms with Gasteiger partial charge in [0.1, 0.15) is 0 Å². The molecule has 0 aromatic carbocycles. The third-order valence-electron chi connectivity index (χ3n) is 3.74. The standard InChI is InChI=1S/C16H26N2O3/c1-6-7-13(16(20)21)9-17-15(19)14-8-11(4)18(10(2)3)12(14)5/h8,10,13H,6-7,9H2,1-5H3,(H,17,19)(H,20,21). The molecule has 0 aliphatic carbocycles. The number of aliphatic carboxylic acids is 1. The van der Waals surface area contributed by atoms with E-state index in [9.17, 15) is 9.59 Å². The van der Waals surface area contributed by atoms with E-state index in [1.54, 1.807) is 0 Å². The summed E-state index contributed by atoms with van der Waals surface area (Å²) in [4.78, 5) is 23.4. The second kappa shape index (κ2) is 7.29. The van der Waals surface area contributed by atoms with Crippen LogP contribution in [0.2, 0.25) is 0 Å². The number of carboxylic acids is 1. The molecule has 0 aliphatic rings. The van der Waals surface area contributed by atoms with Gasteiger partial charge in [0, 0.05) is 24.0 Å². The Morgan fingerprint density at radius 3 is 2.38 bits per heavy atom. The number of hydrogen-bond acceptors (Lipinski definition) is 2. The molecule has 5 nitrogen and oxygen atoms in total. The molecule has 0 radical (unpaired) electrons. The van der Waals surface area contributed by atoms with Crippen molar-refractivity contribution in [3.05, 3.63) is 23.0 Å². The van der Waals surface area contributed by atoms with Crippen LogP contribution >= 0.6 is 0 Å². The predicted octanol–water partition coefficient (Wildman–Crippen LogP) is 2.92. The van der Waals surface area contributed by atoms with E-state index in [-0.39, 0.29) is 12.5 Å². The van der Waals surface area contributed by atoms with Crippen LogP contribution in [0.1, 0.15) is 61.4 Å². The Hall–Kier alpha value is -1.78. The molecule has 1 amide bonds. The van der Waals surface area contributed by atoms with Gasteiger partial charge in [0.25, 0.3) is 5.91 Å². The van der Waals surface area contributed by atoms with Gasteiger partial charge < -0.3 is 15.0 Å². The highest BCUT2D eigenvalue weighted by Crippen LogP contribution is 2.20. The number of rotatable bonds is 7. The lowest BCUT2D eigenvalue weighted by molar-refractivity contribution is -0.141. The largest absolute Gasteiger partial charge is 0.481 e. The number of carbonyl (C=O) groups is 2. The monoisotopic (exact) mass is 294 g/mol. The maximum atomic E-state index is 12.3. The Balaban J connectivity index is 2.81. The first-order valence-corrected chi connectivity index (χ1v) is 7.49. The van der Waals surface area contributed by atoms with Crippen LogP contribution < -0.4 is 5.32 Å². The van der Waals surface area contributed by atoms with Crippen molar-refractivity contribution in [2.75, 3.05) is 6.54 Å². The summed E-state index contributed by atoms with van der Waals surface area (Å²) in [5, 5.41) is 11.9. The highest BCUT2D eigenvalue weighted by Gasteiger charge is 2.20. The summed E-state index contributed by atoms with van der Waals surface area (Å²) in [5.41, 5.74) is 2.58. The van der Waals surface area contributed by atoms with Gasteiger partial charge in [-0.05, 0) is 40.2 Å². The molecule has 1 unspecified atom stereocenters. The average molecular weight is 294 g/mol. The number of carboxylic acid groups (broad SMARTS) is 1. The van der Waals surface area contributed by atoms with Gasteiger partial charge in [-0.15, -0.1) is 0 Å². The van der Waals surface area contributed by atoms with Gasteiger partial charge in [0.05, 0.1) is 11.5 Å². The fraction of sp³-hybridized carbons (Fsp3) is 0.625. The molecule has 1 atom stereocenters. The minimum absolute atomic E-state index is 0.174. The van der Waals surface area contributed by atoms with Crippen molar-refractivity contribution in [1.82, 2.24) is 9.88 Å². The topological polar surface area (TPSA) is 71.3 Å². The average Bonchev–Trinajstić information content (AvgIpc) is 2.69. The Labute approximate surface area is 126 Å². The minimum atomic E-state index is -0.857. The van der Waals surface area contributed by atoms with Gasteiger partial charge in [0.15, 0.2) is 0 Å². The molecule has 2 N–H and O–H groups in total. The Kier molecular flexibility index (Phi) is 6.00. The summed E-state index contributed by atoms with van der Waals surface area (Å²) >= 11 is 0. The van der Waals surface area contributed by atoms with Gasteiger partial charge in [0.2, 0.25) is 0 Å². The van der Waals surface area contributed by atoms with E-state index in [0.717, 1.165) is 17.8 Å². The zero-order chi connectivity index (χ0) is 16.2.